The normalized spacial score (nSPS) is 15.4. The van der Waals surface area contributed by atoms with Crippen LogP contribution in [0.5, 0.6) is 0 Å². The Morgan fingerprint density at radius 1 is 1.17 bits per heavy atom. The molecule has 2 N–H and O–H groups in total. The van der Waals surface area contributed by atoms with Crippen LogP contribution in [-0.4, -0.2) is 0 Å². The molecule has 1 aromatic carbocycles. The van der Waals surface area contributed by atoms with E-state index >= 15 is 0 Å². The van der Waals surface area contributed by atoms with Crippen molar-refractivity contribution in [2.45, 2.75) is 25.3 Å². The Bertz CT molecular complexity index is 239. The number of hydrogen-bond acceptors (Lipinski definition) is 1. The molecular formula is C10H14ClN. The second-order valence-corrected chi connectivity index (χ2v) is 3.22. The summed E-state index contributed by atoms with van der Waals surface area (Å²) in [6.07, 6.45) is 2.75. The summed E-state index contributed by atoms with van der Waals surface area (Å²) in [5.74, 6) is 0.863. The minimum atomic E-state index is 0. The molecule has 1 aliphatic carbocycles. The molecule has 0 aromatic heterocycles. The van der Waals surface area contributed by atoms with Gasteiger partial charge in [-0.15, -0.1) is 12.4 Å². The first-order valence-corrected chi connectivity index (χ1v) is 4.19. The van der Waals surface area contributed by atoms with Gasteiger partial charge in [0.25, 0.3) is 0 Å². The van der Waals surface area contributed by atoms with E-state index in [1.54, 1.807) is 0 Å². The van der Waals surface area contributed by atoms with Crippen molar-refractivity contribution >= 4 is 12.4 Å². The number of halogens is 1. The molecule has 0 unspecified atom stereocenters. The number of nitrogens with two attached hydrogens (primary N) is 1. The van der Waals surface area contributed by atoms with Gasteiger partial charge in [-0.1, -0.05) is 24.3 Å². The highest BCUT2D eigenvalue weighted by Gasteiger charge is 2.22. The largest absolute Gasteiger partial charge is 0.326 e. The molecule has 1 nitrogen and oxygen atoms in total. The fraction of sp³-hybridized carbons (Fsp3) is 0.400. The lowest BCUT2D eigenvalue weighted by Crippen LogP contribution is -1.95. The summed E-state index contributed by atoms with van der Waals surface area (Å²) in [6.45, 7) is 0.658. The molecule has 0 bridgehead atoms. The highest BCUT2D eigenvalue weighted by atomic mass is 35.5. The number of rotatable bonds is 2. The minimum absolute atomic E-state index is 0. The number of benzene rings is 1. The van der Waals surface area contributed by atoms with Crippen molar-refractivity contribution in [2.24, 2.45) is 5.73 Å². The summed E-state index contributed by atoms with van der Waals surface area (Å²) in [7, 11) is 0. The van der Waals surface area contributed by atoms with Crippen LogP contribution in [0.4, 0.5) is 0 Å². The minimum Gasteiger partial charge on any atom is -0.326 e. The zero-order valence-electron chi connectivity index (χ0n) is 6.99. The molecule has 2 rings (SSSR count). The van der Waals surface area contributed by atoms with Gasteiger partial charge in [0.2, 0.25) is 0 Å². The topological polar surface area (TPSA) is 26.0 Å². The van der Waals surface area contributed by atoms with E-state index in [9.17, 15) is 0 Å². The van der Waals surface area contributed by atoms with Gasteiger partial charge in [-0.25, -0.2) is 0 Å². The van der Waals surface area contributed by atoms with Gasteiger partial charge >= 0.3 is 0 Å². The van der Waals surface area contributed by atoms with Crippen LogP contribution < -0.4 is 5.73 Å². The van der Waals surface area contributed by atoms with Crippen LogP contribution in [0, 0.1) is 0 Å². The van der Waals surface area contributed by atoms with Gasteiger partial charge in [-0.3, -0.25) is 0 Å². The Morgan fingerprint density at radius 2 is 1.75 bits per heavy atom. The third kappa shape index (κ3) is 1.99. The summed E-state index contributed by atoms with van der Waals surface area (Å²) in [5.41, 5.74) is 8.21. The summed E-state index contributed by atoms with van der Waals surface area (Å²) < 4.78 is 0. The third-order valence-corrected chi connectivity index (χ3v) is 2.26. The summed E-state index contributed by atoms with van der Waals surface area (Å²) in [4.78, 5) is 0. The van der Waals surface area contributed by atoms with E-state index in [1.165, 1.54) is 24.0 Å². The molecule has 1 aliphatic rings. The Morgan fingerprint density at radius 3 is 2.17 bits per heavy atom. The van der Waals surface area contributed by atoms with Gasteiger partial charge in [0.05, 0.1) is 0 Å². The maximum absolute atomic E-state index is 5.49. The molecule has 12 heavy (non-hydrogen) atoms. The van der Waals surface area contributed by atoms with Gasteiger partial charge in [-0.05, 0) is 29.9 Å². The molecule has 2 heteroatoms. The van der Waals surface area contributed by atoms with Crippen molar-refractivity contribution in [3.8, 4) is 0 Å². The van der Waals surface area contributed by atoms with E-state index in [0.717, 1.165) is 5.92 Å². The van der Waals surface area contributed by atoms with Crippen molar-refractivity contribution in [2.75, 3.05) is 0 Å². The summed E-state index contributed by atoms with van der Waals surface area (Å²) in [5, 5.41) is 0. The van der Waals surface area contributed by atoms with Crippen molar-refractivity contribution in [3.05, 3.63) is 35.4 Å². The highest BCUT2D eigenvalue weighted by molar-refractivity contribution is 5.85. The maximum atomic E-state index is 5.49. The molecule has 0 heterocycles. The molecular weight excluding hydrogens is 170 g/mol. The van der Waals surface area contributed by atoms with Crippen LogP contribution in [-0.2, 0) is 6.54 Å². The zero-order chi connectivity index (χ0) is 7.68. The monoisotopic (exact) mass is 183 g/mol. The third-order valence-electron chi connectivity index (χ3n) is 2.26. The lowest BCUT2D eigenvalue weighted by Gasteiger charge is -1.98. The van der Waals surface area contributed by atoms with Gasteiger partial charge in [0, 0.05) is 6.54 Å². The first-order valence-electron chi connectivity index (χ1n) is 4.19. The van der Waals surface area contributed by atoms with Crippen molar-refractivity contribution in [3.63, 3.8) is 0 Å². The van der Waals surface area contributed by atoms with Crippen LogP contribution in [0.15, 0.2) is 24.3 Å². The number of hydrogen-bond donors (Lipinski definition) is 1. The summed E-state index contributed by atoms with van der Waals surface area (Å²) in [6, 6.07) is 8.68. The molecule has 0 amide bonds. The smallest absolute Gasteiger partial charge is 0.0178 e. The first kappa shape index (κ1) is 9.56. The Labute approximate surface area is 79.4 Å². The molecule has 1 fully saturated rings. The molecule has 0 spiro atoms. The Kier molecular flexibility index (Phi) is 3.12. The van der Waals surface area contributed by atoms with Crippen LogP contribution in [0.1, 0.15) is 29.9 Å². The van der Waals surface area contributed by atoms with Gasteiger partial charge < -0.3 is 5.73 Å². The predicted molar refractivity (Wildman–Crippen MR) is 53.6 cm³/mol. The van der Waals surface area contributed by atoms with Crippen LogP contribution in [0.3, 0.4) is 0 Å². The zero-order valence-corrected chi connectivity index (χ0v) is 7.81. The molecule has 0 radical (unpaired) electrons. The van der Waals surface area contributed by atoms with Crippen LogP contribution >= 0.6 is 12.4 Å². The SMILES string of the molecule is Cl.NCc1ccc(C2CC2)cc1. The molecule has 0 atom stereocenters. The van der Waals surface area contributed by atoms with Crippen molar-refractivity contribution in [1.29, 1.82) is 0 Å². The highest BCUT2D eigenvalue weighted by Crippen LogP contribution is 2.39. The van der Waals surface area contributed by atoms with Crippen molar-refractivity contribution in [1.82, 2.24) is 0 Å². The molecule has 0 saturated heterocycles. The van der Waals surface area contributed by atoms with Crippen LogP contribution in [0.2, 0.25) is 0 Å². The molecule has 1 aromatic rings. The quantitative estimate of drug-likeness (QED) is 0.749. The predicted octanol–water partition coefficient (Wildman–Crippen LogP) is 2.44. The van der Waals surface area contributed by atoms with Crippen molar-refractivity contribution < 1.29 is 0 Å². The van der Waals surface area contributed by atoms with E-state index in [-0.39, 0.29) is 12.4 Å². The van der Waals surface area contributed by atoms with Gasteiger partial charge in [-0.2, -0.15) is 0 Å². The van der Waals surface area contributed by atoms with Gasteiger partial charge in [0.1, 0.15) is 0 Å². The van der Waals surface area contributed by atoms with Crippen LogP contribution in [0.25, 0.3) is 0 Å². The van der Waals surface area contributed by atoms with Gasteiger partial charge in [0.15, 0.2) is 0 Å². The fourth-order valence-corrected chi connectivity index (χ4v) is 1.34. The average molecular weight is 184 g/mol. The standard InChI is InChI=1S/C10H13N.ClH/c11-7-8-1-3-9(4-2-8)10-5-6-10;/h1-4,10H,5-7,11H2;1H. The van der Waals surface area contributed by atoms with E-state index < -0.39 is 0 Å². The van der Waals surface area contributed by atoms with E-state index in [2.05, 4.69) is 24.3 Å². The second kappa shape index (κ2) is 3.92. The lowest BCUT2D eigenvalue weighted by molar-refractivity contribution is 1.05. The first-order chi connectivity index (χ1) is 5.40. The molecule has 66 valence electrons. The average Bonchev–Trinajstić information content (AvgIpc) is 2.87. The fourth-order valence-electron chi connectivity index (χ4n) is 1.34. The van der Waals surface area contributed by atoms with E-state index in [0.29, 0.717) is 6.54 Å². The second-order valence-electron chi connectivity index (χ2n) is 3.22. The molecule has 0 aliphatic heterocycles. The Balaban J connectivity index is 0.000000720. The Hall–Kier alpha value is -0.530. The maximum Gasteiger partial charge on any atom is 0.0178 e. The van der Waals surface area contributed by atoms with E-state index in [1.807, 2.05) is 0 Å². The van der Waals surface area contributed by atoms with E-state index in [4.69, 9.17) is 5.73 Å². The lowest BCUT2D eigenvalue weighted by atomic mass is 10.1. The summed E-state index contributed by atoms with van der Waals surface area (Å²) >= 11 is 0. The molecule has 1 saturated carbocycles.